The Balaban J connectivity index is 1.70. The smallest absolute Gasteiger partial charge is 0.326 e. The van der Waals surface area contributed by atoms with Crippen LogP contribution in [-0.4, -0.2) is 28.8 Å². The summed E-state index contributed by atoms with van der Waals surface area (Å²) in [6.07, 6.45) is 2.69. The number of rotatable bonds is 8. The van der Waals surface area contributed by atoms with E-state index in [2.05, 4.69) is 5.32 Å². The van der Waals surface area contributed by atoms with E-state index in [1.165, 1.54) is 11.8 Å². The number of thioether (sulfide) groups is 1. The Bertz CT molecular complexity index is 502. The van der Waals surface area contributed by atoms with Gasteiger partial charge < -0.3 is 10.4 Å². The number of hydrogen-bond donors (Lipinski definition) is 2. The zero-order chi connectivity index (χ0) is 15.2. The number of carbonyl (C=O) groups excluding carboxylic acids is 1. The summed E-state index contributed by atoms with van der Waals surface area (Å²) in [7, 11) is 0. The average molecular weight is 328 g/mol. The van der Waals surface area contributed by atoms with Gasteiger partial charge in [-0.15, -0.1) is 11.8 Å². The van der Waals surface area contributed by atoms with E-state index in [0.29, 0.717) is 23.1 Å². The molecule has 1 aliphatic rings. The molecule has 1 saturated carbocycles. The molecule has 1 aromatic rings. The summed E-state index contributed by atoms with van der Waals surface area (Å²) in [5, 5.41) is 12.4. The molecule has 0 spiro atoms. The summed E-state index contributed by atoms with van der Waals surface area (Å²) < 4.78 is 0. The largest absolute Gasteiger partial charge is 0.480 e. The van der Waals surface area contributed by atoms with Crippen LogP contribution in [0.2, 0.25) is 5.02 Å². The summed E-state index contributed by atoms with van der Waals surface area (Å²) in [5.41, 5.74) is 1.09. The molecule has 0 heterocycles. The highest BCUT2D eigenvalue weighted by Crippen LogP contribution is 2.33. The third-order valence-electron chi connectivity index (χ3n) is 3.31. The molecule has 0 saturated heterocycles. The van der Waals surface area contributed by atoms with Gasteiger partial charge in [-0.05, 0) is 30.0 Å². The molecule has 0 bridgehead atoms. The minimum atomic E-state index is -0.946. The monoisotopic (exact) mass is 327 g/mol. The van der Waals surface area contributed by atoms with E-state index in [1.54, 1.807) is 0 Å². The van der Waals surface area contributed by atoms with Crippen LogP contribution in [0.1, 0.15) is 24.8 Å². The number of carboxylic acid groups (broad SMARTS) is 1. The minimum Gasteiger partial charge on any atom is -0.480 e. The molecule has 2 rings (SSSR count). The molecule has 2 N–H and O–H groups in total. The first-order chi connectivity index (χ1) is 10.0. The quantitative estimate of drug-likeness (QED) is 0.770. The molecule has 0 radical (unpaired) electrons. The topological polar surface area (TPSA) is 66.4 Å². The van der Waals surface area contributed by atoms with Crippen molar-refractivity contribution in [2.45, 2.75) is 31.1 Å². The molecule has 0 aromatic heterocycles. The highest BCUT2D eigenvalue weighted by atomic mass is 35.5. The zero-order valence-corrected chi connectivity index (χ0v) is 13.1. The molecule has 21 heavy (non-hydrogen) atoms. The highest BCUT2D eigenvalue weighted by Gasteiger charge is 2.30. The lowest BCUT2D eigenvalue weighted by atomic mass is 10.1. The maximum Gasteiger partial charge on any atom is 0.326 e. The van der Waals surface area contributed by atoms with Gasteiger partial charge in [-0.2, -0.15) is 0 Å². The second-order valence-corrected chi connectivity index (χ2v) is 6.68. The van der Waals surface area contributed by atoms with Gasteiger partial charge in [0.1, 0.15) is 6.04 Å². The van der Waals surface area contributed by atoms with E-state index in [9.17, 15) is 9.59 Å². The minimum absolute atomic E-state index is 0.220. The van der Waals surface area contributed by atoms with Gasteiger partial charge in [0.25, 0.3) is 0 Å². The molecule has 6 heteroatoms. The van der Waals surface area contributed by atoms with Crippen LogP contribution in [0.15, 0.2) is 24.3 Å². The van der Waals surface area contributed by atoms with Crippen LogP contribution in [0.3, 0.4) is 0 Å². The fourth-order valence-corrected chi connectivity index (χ4v) is 2.91. The third-order valence-corrected chi connectivity index (χ3v) is 4.57. The first-order valence-corrected chi connectivity index (χ1v) is 8.42. The van der Waals surface area contributed by atoms with Gasteiger partial charge in [-0.25, -0.2) is 4.79 Å². The number of carboxylic acids is 1. The van der Waals surface area contributed by atoms with Crippen LogP contribution < -0.4 is 5.32 Å². The Kier molecular flexibility index (Phi) is 5.94. The Hall–Kier alpha value is -1.20. The van der Waals surface area contributed by atoms with Crippen molar-refractivity contribution in [1.29, 1.82) is 0 Å². The number of halogens is 1. The number of amides is 1. The van der Waals surface area contributed by atoms with Crippen LogP contribution in [0.5, 0.6) is 0 Å². The van der Waals surface area contributed by atoms with Crippen LogP contribution in [0.25, 0.3) is 0 Å². The number of benzene rings is 1. The molecular weight excluding hydrogens is 310 g/mol. The van der Waals surface area contributed by atoms with Crippen molar-refractivity contribution in [2.75, 3.05) is 5.75 Å². The van der Waals surface area contributed by atoms with E-state index >= 15 is 0 Å². The predicted octanol–water partition coefficient (Wildman–Crippen LogP) is 2.94. The molecule has 1 amide bonds. The van der Waals surface area contributed by atoms with E-state index in [1.807, 2.05) is 24.3 Å². The SMILES string of the molecule is O=C(CSCc1ccc(Cl)cc1)NC(CC1CC1)C(=O)O. The Morgan fingerprint density at radius 3 is 2.57 bits per heavy atom. The van der Waals surface area contributed by atoms with E-state index in [0.717, 1.165) is 18.4 Å². The Morgan fingerprint density at radius 2 is 2.00 bits per heavy atom. The van der Waals surface area contributed by atoms with Crippen molar-refractivity contribution in [3.05, 3.63) is 34.9 Å². The van der Waals surface area contributed by atoms with Gasteiger partial charge in [0.05, 0.1) is 5.75 Å². The van der Waals surface area contributed by atoms with E-state index in [-0.39, 0.29) is 11.7 Å². The molecule has 1 unspecified atom stereocenters. The Morgan fingerprint density at radius 1 is 1.33 bits per heavy atom. The summed E-state index contributed by atoms with van der Waals surface area (Å²) in [5.74, 6) is 0.259. The van der Waals surface area contributed by atoms with E-state index < -0.39 is 12.0 Å². The van der Waals surface area contributed by atoms with Crippen molar-refractivity contribution in [2.24, 2.45) is 5.92 Å². The lowest BCUT2D eigenvalue weighted by Gasteiger charge is -2.13. The zero-order valence-electron chi connectivity index (χ0n) is 11.5. The summed E-state index contributed by atoms with van der Waals surface area (Å²) in [6.45, 7) is 0. The van der Waals surface area contributed by atoms with Gasteiger partial charge in [0, 0.05) is 10.8 Å². The number of carbonyl (C=O) groups is 2. The maximum atomic E-state index is 11.8. The van der Waals surface area contributed by atoms with Gasteiger partial charge in [0.15, 0.2) is 0 Å². The van der Waals surface area contributed by atoms with Crippen molar-refractivity contribution >= 4 is 35.2 Å². The highest BCUT2D eigenvalue weighted by molar-refractivity contribution is 7.99. The fraction of sp³-hybridized carbons (Fsp3) is 0.467. The lowest BCUT2D eigenvalue weighted by molar-refractivity contribution is -0.141. The first-order valence-electron chi connectivity index (χ1n) is 6.89. The second kappa shape index (κ2) is 7.71. The van der Waals surface area contributed by atoms with Crippen molar-refractivity contribution in [1.82, 2.24) is 5.32 Å². The van der Waals surface area contributed by atoms with Crippen LogP contribution in [-0.2, 0) is 15.3 Å². The summed E-state index contributed by atoms with van der Waals surface area (Å²) in [6, 6.07) is 6.71. The second-order valence-electron chi connectivity index (χ2n) is 5.26. The standard InChI is InChI=1S/C15H18ClNO3S/c16-12-5-3-11(4-6-12)8-21-9-14(18)17-13(15(19)20)7-10-1-2-10/h3-6,10,13H,1-2,7-9H2,(H,17,18)(H,19,20). The van der Waals surface area contributed by atoms with E-state index in [4.69, 9.17) is 16.7 Å². The molecule has 114 valence electrons. The van der Waals surface area contributed by atoms with Crippen molar-refractivity contribution in [3.8, 4) is 0 Å². The molecule has 0 aliphatic heterocycles. The van der Waals surface area contributed by atoms with Crippen molar-refractivity contribution in [3.63, 3.8) is 0 Å². The lowest BCUT2D eigenvalue weighted by Crippen LogP contribution is -2.42. The molecule has 1 aliphatic carbocycles. The summed E-state index contributed by atoms with van der Waals surface area (Å²) >= 11 is 7.26. The molecule has 1 fully saturated rings. The first kappa shape index (κ1) is 16.2. The molecular formula is C15H18ClNO3S. The van der Waals surface area contributed by atoms with Crippen LogP contribution in [0, 0.1) is 5.92 Å². The van der Waals surface area contributed by atoms with Gasteiger partial charge in [0.2, 0.25) is 5.91 Å². The predicted molar refractivity (Wildman–Crippen MR) is 84.5 cm³/mol. The number of aliphatic carboxylic acids is 1. The maximum absolute atomic E-state index is 11.8. The molecule has 1 aromatic carbocycles. The average Bonchev–Trinajstić information content (AvgIpc) is 3.24. The number of hydrogen-bond acceptors (Lipinski definition) is 3. The van der Waals surface area contributed by atoms with Gasteiger partial charge in [-0.1, -0.05) is 36.6 Å². The Labute approximate surface area is 133 Å². The normalized spacial score (nSPS) is 15.5. The van der Waals surface area contributed by atoms with Crippen LogP contribution >= 0.6 is 23.4 Å². The van der Waals surface area contributed by atoms with Gasteiger partial charge in [-0.3, -0.25) is 4.79 Å². The van der Waals surface area contributed by atoms with Crippen LogP contribution in [0.4, 0.5) is 0 Å². The molecule has 4 nitrogen and oxygen atoms in total. The van der Waals surface area contributed by atoms with Crippen molar-refractivity contribution < 1.29 is 14.7 Å². The molecule has 1 atom stereocenters. The number of nitrogens with one attached hydrogen (secondary N) is 1. The third kappa shape index (κ3) is 5.98. The van der Waals surface area contributed by atoms with Gasteiger partial charge >= 0.3 is 5.97 Å². The summed E-state index contributed by atoms with van der Waals surface area (Å²) in [4.78, 5) is 22.9. The fourth-order valence-electron chi connectivity index (χ4n) is 1.99.